The molecule has 4 rings (SSSR count). The number of carbonyl (C=O) groups excluding carboxylic acids is 2. The Morgan fingerprint density at radius 2 is 0.868 bits per heavy atom. The van der Waals surface area contributed by atoms with Crippen molar-refractivity contribution in [3.8, 4) is 22.3 Å². The van der Waals surface area contributed by atoms with Crippen molar-refractivity contribution in [2.75, 3.05) is 38.9 Å². The maximum Gasteiger partial charge on any atom is 0.337 e. The Bertz CT molecular complexity index is 1290. The number of benzene rings is 4. The first-order valence-corrected chi connectivity index (χ1v) is 12.2. The summed E-state index contributed by atoms with van der Waals surface area (Å²) in [7, 11) is 6.44. The minimum Gasteiger partial charge on any atom is -0.465 e. The molecule has 0 aliphatic carbocycles. The van der Waals surface area contributed by atoms with Gasteiger partial charge in [0, 0.05) is 25.5 Å². The van der Waals surface area contributed by atoms with Crippen molar-refractivity contribution < 1.29 is 19.1 Å². The van der Waals surface area contributed by atoms with E-state index in [0.717, 1.165) is 33.6 Å². The predicted octanol–water partition coefficient (Wildman–Crippen LogP) is 6.98. The van der Waals surface area contributed by atoms with Gasteiger partial charge in [-0.15, -0.1) is 0 Å². The topological polar surface area (TPSA) is 76.7 Å². The van der Waals surface area contributed by atoms with Crippen molar-refractivity contribution in [1.29, 1.82) is 0 Å². The maximum absolute atomic E-state index is 11.7. The van der Waals surface area contributed by atoms with Gasteiger partial charge in [-0.2, -0.15) is 0 Å². The molecule has 0 atom stereocenters. The number of carbonyl (C=O) groups is 2. The third kappa shape index (κ3) is 7.23. The number of esters is 2. The lowest BCUT2D eigenvalue weighted by Gasteiger charge is -2.09. The lowest BCUT2D eigenvalue weighted by molar-refractivity contribution is 0.0592. The second-order valence-corrected chi connectivity index (χ2v) is 8.81. The molecule has 0 amide bonds. The molecule has 2 N–H and O–H groups in total. The zero-order chi connectivity index (χ0) is 27.7. The van der Waals surface area contributed by atoms with Crippen LogP contribution in [0.2, 0.25) is 0 Å². The van der Waals surface area contributed by atoms with Gasteiger partial charge in [0.25, 0.3) is 0 Å². The number of anilines is 2. The average molecular weight is 511 g/mol. The highest BCUT2D eigenvalue weighted by Crippen LogP contribution is 2.27. The minimum absolute atomic E-state index is 0.328. The Labute approximate surface area is 224 Å². The van der Waals surface area contributed by atoms with Gasteiger partial charge in [-0.05, 0) is 72.5 Å². The number of hydrogen-bond acceptors (Lipinski definition) is 6. The van der Waals surface area contributed by atoms with Crippen molar-refractivity contribution in [2.45, 2.75) is 13.8 Å². The molecule has 0 heterocycles. The van der Waals surface area contributed by atoms with Gasteiger partial charge >= 0.3 is 11.9 Å². The standard InChI is InChI=1S/2C16H17NO2/c2*1-11-4-6-12(7-5-11)13-8-14(16(18)19-3)10-15(9-13)17-2/h2*4-10,17H,1-3H3. The van der Waals surface area contributed by atoms with Crippen LogP contribution in [0.3, 0.4) is 0 Å². The monoisotopic (exact) mass is 510 g/mol. The van der Waals surface area contributed by atoms with Gasteiger partial charge in [-0.25, -0.2) is 9.59 Å². The van der Waals surface area contributed by atoms with Crippen LogP contribution in [0.4, 0.5) is 11.4 Å². The van der Waals surface area contributed by atoms with Crippen LogP contribution in [0.25, 0.3) is 22.3 Å². The molecule has 0 aromatic heterocycles. The highest BCUT2D eigenvalue weighted by Gasteiger charge is 2.10. The highest BCUT2D eigenvalue weighted by atomic mass is 16.5. The maximum atomic E-state index is 11.7. The minimum atomic E-state index is -0.328. The normalized spacial score (nSPS) is 10.1. The van der Waals surface area contributed by atoms with Crippen molar-refractivity contribution >= 4 is 23.3 Å². The van der Waals surface area contributed by atoms with E-state index in [-0.39, 0.29) is 11.9 Å². The highest BCUT2D eigenvalue weighted by molar-refractivity contribution is 5.93. The van der Waals surface area contributed by atoms with E-state index in [2.05, 4.69) is 34.9 Å². The number of rotatable bonds is 6. The largest absolute Gasteiger partial charge is 0.465 e. The molecule has 4 aromatic carbocycles. The summed E-state index contributed by atoms with van der Waals surface area (Å²) < 4.78 is 9.56. The Kier molecular flexibility index (Phi) is 9.66. The Morgan fingerprint density at radius 3 is 1.16 bits per heavy atom. The predicted molar refractivity (Wildman–Crippen MR) is 155 cm³/mol. The van der Waals surface area contributed by atoms with E-state index >= 15 is 0 Å². The summed E-state index contributed by atoms with van der Waals surface area (Å²) in [5.74, 6) is -0.657. The first-order valence-electron chi connectivity index (χ1n) is 12.2. The van der Waals surface area contributed by atoms with Gasteiger partial charge in [0.1, 0.15) is 0 Å². The first kappa shape index (κ1) is 28.0. The Morgan fingerprint density at radius 1 is 0.526 bits per heavy atom. The molecule has 0 spiro atoms. The van der Waals surface area contributed by atoms with Crippen LogP contribution in [0, 0.1) is 13.8 Å². The van der Waals surface area contributed by atoms with E-state index in [1.807, 2.05) is 76.5 Å². The van der Waals surface area contributed by atoms with Crippen molar-refractivity contribution in [3.63, 3.8) is 0 Å². The molecule has 0 saturated heterocycles. The fourth-order valence-corrected chi connectivity index (χ4v) is 3.84. The zero-order valence-corrected chi connectivity index (χ0v) is 22.7. The van der Waals surface area contributed by atoms with Gasteiger partial charge in [-0.1, -0.05) is 59.7 Å². The van der Waals surface area contributed by atoms with E-state index in [9.17, 15) is 9.59 Å². The van der Waals surface area contributed by atoms with E-state index in [1.54, 1.807) is 12.1 Å². The molecule has 0 aliphatic rings. The summed E-state index contributed by atoms with van der Waals surface area (Å²) in [6, 6.07) is 27.7. The van der Waals surface area contributed by atoms with Crippen LogP contribution in [-0.2, 0) is 9.47 Å². The molecule has 38 heavy (non-hydrogen) atoms. The fraction of sp³-hybridized carbons (Fsp3) is 0.188. The molecule has 0 fully saturated rings. The molecule has 6 nitrogen and oxygen atoms in total. The van der Waals surface area contributed by atoms with Crippen LogP contribution in [0.15, 0.2) is 84.9 Å². The van der Waals surface area contributed by atoms with Crippen molar-refractivity contribution in [3.05, 3.63) is 107 Å². The average Bonchev–Trinajstić information content (AvgIpc) is 2.96. The van der Waals surface area contributed by atoms with Gasteiger partial charge < -0.3 is 20.1 Å². The summed E-state index contributed by atoms with van der Waals surface area (Å²) in [4.78, 5) is 23.3. The third-order valence-electron chi connectivity index (χ3n) is 6.06. The Hall–Kier alpha value is -4.58. The van der Waals surface area contributed by atoms with Crippen LogP contribution in [-0.4, -0.2) is 40.3 Å². The lowest BCUT2D eigenvalue weighted by Crippen LogP contribution is -2.02. The Balaban J connectivity index is 0.000000211. The second-order valence-electron chi connectivity index (χ2n) is 8.81. The quantitative estimate of drug-likeness (QED) is 0.273. The van der Waals surface area contributed by atoms with Crippen LogP contribution >= 0.6 is 0 Å². The molecule has 6 heteroatoms. The number of methoxy groups -OCH3 is 2. The van der Waals surface area contributed by atoms with E-state index in [4.69, 9.17) is 9.47 Å². The summed E-state index contributed by atoms with van der Waals surface area (Å²) in [6.07, 6.45) is 0. The lowest BCUT2D eigenvalue weighted by atomic mass is 10.0. The van der Waals surface area contributed by atoms with Crippen molar-refractivity contribution in [2.24, 2.45) is 0 Å². The smallest absolute Gasteiger partial charge is 0.337 e. The number of ether oxygens (including phenoxy) is 2. The van der Waals surface area contributed by atoms with Crippen molar-refractivity contribution in [1.82, 2.24) is 0 Å². The van der Waals surface area contributed by atoms with Gasteiger partial charge in [0.2, 0.25) is 0 Å². The van der Waals surface area contributed by atoms with Gasteiger partial charge in [-0.3, -0.25) is 0 Å². The van der Waals surface area contributed by atoms with Crippen LogP contribution in [0.5, 0.6) is 0 Å². The summed E-state index contributed by atoms with van der Waals surface area (Å²) in [5.41, 5.74) is 9.43. The molecule has 0 aliphatic heterocycles. The number of nitrogens with one attached hydrogen (secondary N) is 2. The molecule has 4 aromatic rings. The van der Waals surface area contributed by atoms with Crippen LogP contribution in [0.1, 0.15) is 31.8 Å². The number of aryl methyl sites for hydroxylation is 2. The van der Waals surface area contributed by atoms with E-state index < -0.39 is 0 Å². The molecule has 0 bridgehead atoms. The zero-order valence-electron chi connectivity index (χ0n) is 22.7. The summed E-state index contributed by atoms with van der Waals surface area (Å²) >= 11 is 0. The van der Waals surface area contributed by atoms with Gasteiger partial charge in [0.15, 0.2) is 0 Å². The fourth-order valence-electron chi connectivity index (χ4n) is 3.84. The SMILES string of the molecule is CNc1cc(C(=O)OC)cc(-c2ccc(C)cc2)c1.CNc1cc(C(=O)OC)cc(-c2ccc(C)cc2)c1. The summed E-state index contributed by atoms with van der Waals surface area (Å²) in [5, 5.41) is 6.12. The van der Waals surface area contributed by atoms with E-state index in [1.165, 1.54) is 25.3 Å². The molecule has 0 saturated carbocycles. The van der Waals surface area contributed by atoms with Gasteiger partial charge in [0.05, 0.1) is 25.3 Å². The molecular formula is C32H34N2O4. The van der Waals surface area contributed by atoms with Crippen LogP contribution < -0.4 is 10.6 Å². The number of hydrogen-bond donors (Lipinski definition) is 2. The summed E-state index contributed by atoms with van der Waals surface area (Å²) in [6.45, 7) is 4.10. The first-order chi connectivity index (χ1) is 18.3. The molecule has 196 valence electrons. The van der Waals surface area contributed by atoms with E-state index in [0.29, 0.717) is 11.1 Å². The third-order valence-corrected chi connectivity index (χ3v) is 6.06. The molecule has 0 unspecified atom stereocenters. The molecule has 0 radical (unpaired) electrons. The second kappa shape index (κ2) is 13.1. The molecular weight excluding hydrogens is 476 g/mol.